The lowest BCUT2D eigenvalue weighted by atomic mass is 9.51. The molecule has 4 nitrogen and oxygen atoms in total. The summed E-state index contributed by atoms with van der Waals surface area (Å²) in [7, 11) is 4.11. The van der Waals surface area contributed by atoms with Crippen LogP contribution in [-0.2, 0) is 4.79 Å². The topological polar surface area (TPSA) is 64.3 Å². The number of hydrogen-bond acceptors (Lipinski definition) is 4. The Morgan fingerprint density at radius 1 is 1.16 bits per heavy atom. The molecule has 5 atom stereocenters. The molecule has 1 aromatic rings. The van der Waals surface area contributed by atoms with Crippen molar-refractivity contribution in [3.8, 4) is 6.07 Å². The minimum absolute atomic E-state index is 0.213. The molecule has 0 unspecified atom stereocenters. The molecule has 5 rings (SSSR count). The number of anilines is 1. The predicted molar refractivity (Wildman–Crippen MR) is 126 cm³/mol. The highest BCUT2D eigenvalue weighted by Gasteiger charge is 2.62. The molecule has 4 heteroatoms. The molecule has 4 aliphatic carbocycles. The summed E-state index contributed by atoms with van der Waals surface area (Å²) in [6.45, 7) is 2.25. The minimum atomic E-state index is -0.914. The summed E-state index contributed by atoms with van der Waals surface area (Å²) in [5.41, 5.74) is 5.52. The Hall–Kier alpha value is -2.38. The molecular weight excluding hydrogens is 396 g/mol. The Labute approximate surface area is 191 Å². The second-order valence-corrected chi connectivity index (χ2v) is 10.9. The minimum Gasteiger partial charge on any atom is -0.388 e. The van der Waals surface area contributed by atoms with Gasteiger partial charge in [0.05, 0.1) is 18.1 Å². The lowest BCUT2D eigenvalue weighted by Gasteiger charge is -2.54. The monoisotopic (exact) mass is 430 g/mol. The molecule has 0 heterocycles. The van der Waals surface area contributed by atoms with Crippen LogP contribution in [0.25, 0.3) is 0 Å². The van der Waals surface area contributed by atoms with Crippen molar-refractivity contribution < 1.29 is 9.90 Å². The highest BCUT2D eigenvalue weighted by atomic mass is 16.3. The first-order valence-electron chi connectivity index (χ1n) is 12.1. The van der Waals surface area contributed by atoms with Crippen LogP contribution in [0.15, 0.2) is 47.1 Å². The largest absolute Gasteiger partial charge is 0.388 e. The Bertz CT molecular complexity index is 1040. The fourth-order valence-corrected chi connectivity index (χ4v) is 7.48. The highest BCUT2D eigenvalue weighted by molar-refractivity contribution is 5.93. The van der Waals surface area contributed by atoms with Gasteiger partial charge in [-0.3, -0.25) is 4.79 Å². The molecule has 168 valence electrons. The number of carbonyl (C=O) groups is 1. The third-order valence-electron chi connectivity index (χ3n) is 9.24. The second-order valence-electron chi connectivity index (χ2n) is 10.9. The predicted octanol–water partition coefficient (Wildman–Crippen LogP) is 5.30. The maximum absolute atomic E-state index is 12.2. The third-order valence-corrected chi connectivity index (χ3v) is 9.24. The van der Waals surface area contributed by atoms with Gasteiger partial charge < -0.3 is 10.0 Å². The van der Waals surface area contributed by atoms with Crippen molar-refractivity contribution in [2.24, 2.45) is 17.3 Å². The van der Waals surface area contributed by atoms with Gasteiger partial charge in [0, 0.05) is 37.5 Å². The molecule has 0 spiro atoms. The van der Waals surface area contributed by atoms with Gasteiger partial charge in [-0.05, 0) is 85.3 Å². The van der Waals surface area contributed by atoms with Gasteiger partial charge in [-0.1, -0.05) is 24.6 Å². The molecule has 1 N–H and O–H groups in total. The zero-order valence-corrected chi connectivity index (χ0v) is 19.5. The van der Waals surface area contributed by atoms with Gasteiger partial charge in [0.2, 0.25) is 0 Å². The van der Waals surface area contributed by atoms with Crippen LogP contribution < -0.4 is 4.90 Å². The summed E-state index contributed by atoms with van der Waals surface area (Å²) < 4.78 is 0. The Morgan fingerprint density at radius 2 is 1.91 bits per heavy atom. The van der Waals surface area contributed by atoms with Crippen LogP contribution in [0.4, 0.5) is 5.69 Å². The van der Waals surface area contributed by atoms with Crippen molar-refractivity contribution in [2.45, 2.75) is 69.8 Å². The van der Waals surface area contributed by atoms with E-state index in [1.165, 1.54) is 28.0 Å². The van der Waals surface area contributed by atoms with Crippen LogP contribution in [0.3, 0.4) is 0 Å². The van der Waals surface area contributed by atoms with Gasteiger partial charge in [0.25, 0.3) is 0 Å². The molecule has 1 aromatic carbocycles. The Kier molecular flexibility index (Phi) is 5.09. The number of rotatable bonds is 3. The SMILES string of the molecule is CN(C)c1ccc([C@H]2C[C@]3(C)[C@@H](CC[C@]3(O)CC#N)[C@@H]3CCC4=CC(=O)CCC4=C32)cc1. The molecule has 0 aromatic heterocycles. The molecule has 4 aliphatic rings. The van der Waals surface area contributed by atoms with Gasteiger partial charge in [-0.2, -0.15) is 5.26 Å². The fourth-order valence-electron chi connectivity index (χ4n) is 7.48. The molecule has 2 saturated carbocycles. The van der Waals surface area contributed by atoms with Crippen LogP contribution in [0.2, 0.25) is 0 Å². The second kappa shape index (κ2) is 7.59. The summed E-state index contributed by atoms with van der Waals surface area (Å²) >= 11 is 0. The molecule has 32 heavy (non-hydrogen) atoms. The van der Waals surface area contributed by atoms with Crippen LogP contribution in [0.1, 0.15) is 69.8 Å². The smallest absolute Gasteiger partial charge is 0.156 e. The fraction of sp³-hybridized carbons (Fsp3) is 0.571. The van der Waals surface area contributed by atoms with Gasteiger partial charge >= 0.3 is 0 Å². The first-order valence-corrected chi connectivity index (χ1v) is 12.1. The van der Waals surface area contributed by atoms with Crippen molar-refractivity contribution in [3.05, 3.63) is 52.6 Å². The average Bonchev–Trinajstić information content (AvgIpc) is 3.03. The first-order chi connectivity index (χ1) is 15.3. The van der Waals surface area contributed by atoms with Crippen molar-refractivity contribution in [2.75, 3.05) is 19.0 Å². The number of carbonyl (C=O) groups excluding carboxylic acids is 1. The lowest BCUT2D eigenvalue weighted by molar-refractivity contribution is -0.114. The van der Waals surface area contributed by atoms with Crippen LogP contribution in [-0.4, -0.2) is 30.6 Å². The Morgan fingerprint density at radius 3 is 2.59 bits per heavy atom. The number of nitrogens with zero attached hydrogens (tertiary/aromatic N) is 2. The summed E-state index contributed by atoms with van der Waals surface area (Å²) in [6.07, 6.45) is 8.17. The van der Waals surface area contributed by atoms with Gasteiger partial charge in [0.1, 0.15) is 0 Å². The van der Waals surface area contributed by atoms with Crippen molar-refractivity contribution in [1.82, 2.24) is 0 Å². The number of fused-ring (bicyclic) bond motifs is 4. The van der Waals surface area contributed by atoms with Crippen molar-refractivity contribution in [3.63, 3.8) is 0 Å². The summed E-state index contributed by atoms with van der Waals surface area (Å²) in [6, 6.07) is 11.2. The molecule has 0 bridgehead atoms. The van der Waals surface area contributed by atoms with E-state index in [0.29, 0.717) is 24.7 Å². The number of ketones is 1. The molecule has 0 amide bonds. The zero-order valence-electron chi connectivity index (χ0n) is 19.5. The van der Waals surface area contributed by atoms with E-state index in [4.69, 9.17) is 0 Å². The maximum atomic E-state index is 12.2. The zero-order chi connectivity index (χ0) is 22.7. The van der Waals surface area contributed by atoms with Crippen LogP contribution in [0, 0.1) is 28.6 Å². The van der Waals surface area contributed by atoms with Gasteiger partial charge in [0.15, 0.2) is 5.78 Å². The number of benzene rings is 1. The standard InChI is InChI=1S/C28H34N2O2/c1-27-17-24(18-4-7-20(8-5-18)30(2)3)26-22-11-9-21(31)16-19(22)6-10-23(26)25(27)12-13-28(27,32)14-15-29/h4-5,7-8,16,23-25,32H,6,9-14,17H2,1-3H3/t23-,24+,25-,27+,28-/m0/s1. The van der Waals surface area contributed by atoms with Crippen LogP contribution in [0.5, 0.6) is 0 Å². The normalized spacial score (nSPS) is 36.0. The Balaban J connectivity index is 1.66. The highest BCUT2D eigenvalue weighted by Crippen LogP contribution is 2.67. The van der Waals surface area contributed by atoms with E-state index in [9.17, 15) is 15.2 Å². The first kappa shape index (κ1) is 21.5. The van der Waals surface area contributed by atoms with E-state index >= 15 is 0 Å². The quantitative estimate of drug-likeness (QED) is 0.707. The third kappa shape index (κ3) is 3.09. The maximum Gasteiger partial charge on any atom is 0.156 e. The van der Waals surface area contributed by atoms with E-state index < -0.39 is 5.60 Å². The van der Waals surface area contributed by atoms with Crippen molar-refractivity contribution in [1.29, 1.82) is 5.26 Å². The van der Waals surface area contributed by atoms with E-state index in [2.05, 4.69) is 56.3 Å². The molecular formula is C28H34N2O2. The van der Waals surface area contributed by atoms with Gasteiger partial charge in [-0.25, -0.2) is 0 Å². The van der Waals surface area contributed by atoms with E-state index in [1.807, 2.05) is 6.08 Å². The summed E-state index contributed by atoms with van der Waals surface area (Å²) in [4.78, 5) is 14.3. The molecule has 0 saturated heterocycles. The molecule has 0 radical (unpaired) electrons. The number of hydrogen-bond donors (Lipinski definition) is 1. The molecule has 0 aliphatic heterocycles. The summed E-state index contributed by atoms with van der Waals surface area (Å²) in [5.74, 6) is 1.33. The van der Waals surface area contributed by atoms with Gasteiger partial charge in [-0.15, -0.1) is 0 Å². The van der Waals surface area contributed by atoms with E-state index in [0.717, 1.165) is 32.1 Å². The van der Waals surface area contributed by atoms with E-state index in [1.54, 1.807) is 0 Å². The molecule has 2 fully saturated rings. The summed E-state index contributed by atoms with van der Waals surface area (Å²) in [5, 5.41) is 21.2. The number of nitriles is 1. The van der Waals surface area contributed by atoms with E-state index in [-0.39, 0.29) is 23.5 Å². The van der Waals surface area contributed by atoms with Crippen LogP contribution >= 0.6 is 0 Å². The number of aliphatic hydroxyl groups is 1. The lowest BCUT2D eigenvalue weighted by Crippen LogP contribution is -2.51. The average molecular weight is 431 g/mol. The number of allylic oxidation sites excluding steroid dienone is 4. The van der Waals surface area contributed by atoms with Crippen molar-refractivity contribution >= 4 is 11.5 Å².